The van der Waals surface area contributed by atoms with Crippen molar-refractivity contribution in [1.29, 1.82) is 0 Å². The third kappa shape index (κ3) is 2.67. The fourth-order valence-electron chi connectivity index (χ4n) is 2.01. The number of amidine groups is 1. The number of halogens is 1. The van der Waals surface area contributed by atoms with Crippen LogP contribution in [0, 0.1) is 5.82 Å². The molecule has 0 amide bonds. The second-order valence-electron chi connectivity index (χ2n) is 4.40. The van der Waals surface area contributed by atoms with Crippen LogP contribution in [0.5, 0.6) is 0 Å². The minimum atomic E-state index is -0.306. The van der Waals surface area contributed by atoms with Gasteiger partial charge in [-0.15, -0.1) is 0 Å². The molecular weight excluding hydrogens is 273 g/mol. The number of nitrogens with zero attached hydrogens (tertiary/aromatic N) is 1. The summed E-state index contributed by atoms with van der Waals surface area (Å²) in [5.41, 5.74) is 1.83. The lowest BCUT2D eigenvalue weighted by Gasteiger charge is -2.25. The molecule has 0 fully saturated rings. The van der Waals surface area contributed by atoms with E-state index in [0.717, 1.165) is 11.1 Å². The highest BCUT2D eigenvalue weighted by Crippen LogP contribution is 2.18. The highest BCUT2D eigenvalue weighted by atomic mass is 32.1. The molecule has 0 saturated carbocycles. The minimum Gasteiger partial charge on any atom is -0.337 e. The molecule has 2 aromatic rings. The van der Waals surface area contributed by atoms with Crippen LogP contribution >= 0.6 is 12.2 Å². The smallest absolute Gasteiger partial charge is 0.173 e. The Labute approximate surface area is 121 Å². The van der Waals surface area contributed by atoms with Crippen molar-refractivity contribution in [3.63, 3.8) is 0 Å². The van der Waals surface area contributed by atoms with Crippen LogP contribution in [0.2, 0.25) is 0 Å². The van der Waals surface area contributed by atoms with Crippen LogP contribution in [-0.2, 0) is 0 Å². The molecule has 2 aromatic carbocycles. The Kier molecular flexibility index (Phi) is 3.43. The van der Waals surface area contributed by atoms with Crippen molar-refractivity contribution in [1.82, 2.24) is 10.6 Å². The Morgan fingerprint density at radius 2 is 1.70 bits per heavy atom. The van der Waals surface area contributed by atoms with Gasteiger partial charge in [0.1, 0.15) is 17.8 Å². The number of hydrogen-bond donors (Lipinski definition) is 2. The van der Waals surface area contributed by atoms with E-state index >= 15 is 0 Å². The van der Waals surface area contributed by atoms with Gasteiger partial charge in [-0.3, -0.25) is 0 Å². The van der Waals surface area contributed by atoms with Crippen molar-refractivity contribution in [3.8, 4) is 0 Å². The Morgan fingerprint density at radius 1 is 1.00 bits per heavy atom. The fraction of sp³-hybridized carbons (Fsp3) is 0.0667. The minimum absolute atomic E-state index is 0.266. The summed E-state index contributed by atoms with van der Waals surface area (Å²) in [7, 11) is 0. The Balaban J connectivity index is 1.95. The predicted octanol–water partition coefficient (Wildman–Crippen LogP) is 2.75. The molecule has 0 radical (unpaired) electrons. The molecule has 0 bridgehead atoms. The third-order valence-corrected chi connectivity index (χ3v) is 3.21. The number of benzene rings is 2. The first-order valence-electron chi connectivity index (χ1n) is 6.18. The van der Waals surface area contributed by atoms with Gasteiger partial charge in [-0.05, 0) is 29.9 Å². The summed E-state index contributed by atoms with van der Waals surface area (Å²) in [4.78, 5) is 4.59. The molecule has 1 aliphatic rings. The van der Waals surface area contributed by atoms with Crippen molar-refractivity contribution in [2.45, 2.75) is 6.17 Å². The SMILES string of the molecule is Fc1ccc(C2N=C(c3ccccc3)NC(=S)N2)cc1. The predicted molar refractivity (Wildman–Crippen MR) is 81.0 cm³/mol. The standard InChI is InChI=1S/C15H12FN3S/c16-12-8-6-11(7-9-12)14-17-13(18-15(20)19-14)10-4-2-1-3-5-10/h1-9,14H,(H2,17,18,19,20). The van der Waals surface area contributed by atoms with Gasteiger partial charge in [0.2, 0.25) is 0 Å². The summed E-state index contributed by atoms with van der Waals surface area (Å²) < 4.78 is 13.0. The van der Waals surface area contributed by atoms with Gasteiger partial charge >= 0.3 is 0 Å². The second-order valence-corrected chi connectivity index (χ2v) is 4.80. The topological polar surface area (TPSA) is 36.4 Å². The zero-order chi connectivity index (χ0) is 13.9. The molecule has 2 N–H and O–H groups in total. The highest BCUT2D eigenvalue weighted by Gasteiger charge is 2.19. The number of nitrogens with one attached hydrogen (secondary N) is 2. The normalized spacial score (nSPS) is 17.9. The molecular formula is C15H12FN3S. The largest absolute Gasteiger partial charge is 0.337 e. The lowest BCUT2D eigenvalue weighted by molar-refractivity contribution is 0.620. The van der Waals surface area contributed by atoms with Crippen LogP contribution in [0.1, 0.15) is 17.3 Å². The zero-order valence-corrected chi connectivity index (χ0v) is 11.3. The summed E-state index contributed by atoms with van der Waals surface area (Å²) in [6, 6.07) is 16.0. The molecule has 0 aliphatic carbocycles. The van der Waals surface area contributed by atoms with Crippen molar-refractivity contribution in [3.05, 3.63) is 71.5 Å². The molecule has 1 atom stereocenters. The van der Waals surface area contributed by atoms with Gasteiger partial charge in [0.15, 0.2) is 5.11 Å². The molecule has 5 heteroatoms. The van der Waals surface area contributed by atoms with E-state index in [4.69, 9.17) is 12.2 Å². The summed E-state index contributed by atoms with van der Waals surface area (Å²) in [6.45, 7) is 0. The first kappa shape index (κ1) is 12.7. The third-order valence-electron chi connectivity index (χ3n) is 2.99. The Morgan fingerprint density at radius 3 is 2.40 bits per heavy atom. The summed E-state index contributed by atoms with van der Waals surface area (Å²) >= 11 is 5.21. The van der Waals surface area contributed by atoms with Gasteiger partial charge in [0.25, 0.3) is 0 Å². The first-order valence-corrected chi connectivity index (χ1v) is 6.59. The van der Waals surface area contributed by atoms with Crippen molar-refractivity contribution < 1.29 is 4.39 Å². The van der Waals surface area contributed by atoms with Crippen LogP contribution in [0.4, 0.5) is 4.39 Å². The average Bonchev–Trinajstić information content (AvgIpc) is 2.48. The van der Waals surface area contributed by atoms with Gasteiger partial charge in [-0.25, -0.2) is 9.38 Å². The molecule has 3 rings (SSSR count). The molecule has 1 heterocycles. The van der Waals surface area contributed by atoms with Gasteiger partial charge in [0.05, 0.1) is 0 Å². The molecule has 1 unspecified atom stereocenters. The Bertz CT molecular complexity index is 653. The molecule has 100 valence electrons. The van der Waals surface area contributed by atoms with E-state index in [1.165, 1.54) is 12.1 Å². The summed E-state index contributed by atoms with van der Waals surface area (Å²) in [5, 5.41) is 6.61. The lowest BCUT2D eigenvalue weighted by Crippen LogP contribution is -2.46. The maximum Gasteiger partial charge on any atom is 0.173 e. The van der Waals surface area contributed by atoms with Gasteiger partial charge < -0.3 is 10.6 Å². The van der Waals surface area contributed by atoms with Crippen LogP contribution < -0.4 is 10.6 Å². The summed E-state index contributed by atoms with van der Waals surface area (Å²) in [5.74, 6) is 0.446. The van der Waals surface area contributed by atoms with Crippen LogP contribution in [-0.4, -0.2) is 10.9 Å². The van der Waals surface area contributed by atoms with Gasteiger partial charge in [0, 0.05) is 5.56 Å². The van der Waals surface area contributed by atoms with E-state index in [2.05, 4.69) is 15.6 Å². The number of rotatable bonds is 2. The first-order chi connectivity index (χ1) is 9.72. The molecule has 1 aliphatic heterocycles. The average molecular weight is 285 g/mol. The van der Waals surface area contributed by atoms with Crippen LogP contribution in [0.3, 0.4) is 0 Å². The van der Waals surface area contributed by atoms with E-state index in [-0.39, 0.29) is 12.0 Å². The zero-order valence-electron chi connectivity index (χ0n) is 10.5. The molecule has 0 saturated heterocycles. The maximum atomic E-state index is 13.0. The molecule has 3 nitrogen and oxygen atoms in total. The van der Waals surface area contributed by atoms with Crippen molar-refractivity contribution in [2.24, 2.45) is 4.99 Å². The van der Waals surface area contributed by atoms with E-state index in [0.29, 0.717) is 10.9 Å². The molecule has 0 spiro atoms. The van der Waals surface area contributed by atoms with Crippen molar-refractivity contribution >= 4 is 23.2 Å². The monoisotopic (exact) mass is 285 g/mol. The summed E-state index contributed by atoms with van der Waals surface area (Å²) in [6.07, 6.45) is -0.306. The van der Waals surface area contributed by atoms with E-state index in [9.17, 15) is 4.39 Å². The molecule has 0 aromatic heterocycles. The number of hydrogen-bond acceptors (Lipinski definition) is 2. The van der Waals surface area contributed by atoms with Gasteiger partial charge in [-0.2, -0.15) is 0 Å². The number of thiocarbonyl (C=S) groups is 1. The number of aliphatic imine (C=N–C) groups is 1. The van der Waals surface area contributed by atoms with E-state index < -0.39 is 0 Å². The lowest BCUT2D eigenvalue weighted by atomic mass is 10.1. The second kappa shape index (κ2) is 5.38. The van der Waals surface area contributed by atoms with Crippen LogP contribution in [0.25, 0.3) is 0 Å². The van der Waals surface area contributed by atoms with Gasteiger partial charge in [-0.1, -0.05) is 42.5 Å². The van der Waals surface area contributed by atoms with E-state index in [1.807, 2.05) is 30.3 Å². The van der Waals surface area contributed by atoms with Crippen molar-refractivity contribution in [2.75, 3.05) is 0 Å². The molecule has 20 heavy (non-hydrogen) atoms. The Hall–Kier alpha value is -2.27. The van der Waals surface area contributed by atoms with E-state index in [1.54, 1.807) is 12.1 Å². The maximum absolute atomic E-state index is 13.0. The van der Waals surface area contributed by atoms with Crippen LogP contribution in [0.15, 0.2) is 59.6 Å². The quantitative estimate of drug-likeness (QED) is 0.833. The highest BCUT2D eigenvalue weighted by molar-refractivity contribution is 7.80. The fourth-order valence-corrected chi connectivity index (χ4v) is 2.22.